The van der Waals surface area contributed by atoms with Crippen molar-refractivity contribution in [2.45, 2.75) is 37.4 Å². The molecule has 0 bridgehead atoms. The van der Waals surface area contributed by atoms with E-state index < -0.39 is 10.0 Å². The SMILES string of the molecule is O=c1sc2cc(S(=O)(=O)NCc3ccccc3CN3CCCC3)ccc2n1Cc1ccccc1. The van der Waals surface area contributed by atoms with E-state index in [4.69, 9.17) is 0 Å². The highest BCUT2D eigenvalue weighted by molar-refractivity contribution is 7.89. The van der Waals surface area contributed by atoms with E-state index in [1.54, 1.807) is 22.8 Å². The van der Waals surface area contributed by atoms with Gasteiger partial charge in [-0.1, -0.05) is 65.9 Å². The van der Waals surface area contributed by atoms with Crippen molar-refractivity contribution >= 4 is 31.6 Å². The van der Waals surface area contributed by atoms with E-state index in [9.17, 15) is 13.2 Å². The molecule has 0 radical (unpaired) electrons. The van der Waals surface area contributed by atoms with Crippen LogP contribution in [0.3, 0.4) is 0 Å². The molecule has 0 saturated carbocycles. The number of aromatic nitrogens is 1. The molecular formula is C26H27N3O3S2. The van der Waals surface area contributed by atoms with Gasteiger partial charge < -0.3 is 0 Å². The van der Waals surface area contributed by atoms with Crippen molar-refractivity contribution in [2.75, 3.05) is 13.1 Å². The van der Waals surface area contributed by atoms with Gasteiger partial charge in [-0.15, -0.1) is 0 Å². The Balaban J connectivity index is 1.35. The Morgan fingerprint density at radius 3 is 2.32 bits per heavy atom. The standard InChI is InChI=1S/C26H27N3O3S2/c30-26-29(18-20-8-2-1-3-9-20)24-13-12-23(16-25(24)33-26)34(31,32)27-17-21-10-4-5-11-22(21)19-28-14-6-7-15-28/h1-5,8-13,16,27H,6-7,14-15,17-19H2. The Labute approximate surface area is 203 Å². The van der Waals surface area contributed by atoms with E-state index >= 15 is 0 Å². The topological polar surface area (TPSA) is 71.4 Å². The number of hydrogen-bond donors (Lipinski definition) is 1. The number of sulfonamides is 1. The largest absolute Gasteiger partial charge is 0.308 e. The summed E-state index contributed by atoms with van der Waals surface area (Å²) < 4.78 is 31.3. The third-order valence-electron chi connectivity index (χ3n) is 6.30. The summed E-state index contributed by atoms with van der Waals surface area (Å²) in [5.74, 6) is 0. The highest BCUT2D eigenvalue weighted by Crippen LogP contribution is 2.23. The predicted molar refractivity (Wildman–Crippen MR) is 137 cm³/mol. The number of thiazole rings is 1. The molecule has 4 aromatic rings. The van der Waals surface area contributed by atoms with Crippen LogP contribution in [0.4, 0.5) is 0 Å². The summed E-state index contributed by atoms with van der Waals surface area (Å²) in [6.07, 6.45) is 2.44. The fourth-order valence-corrected chi connectivity index (χ4v) is 6.49. The summed E-state index contributed by atoms with van der Waals surface area (Å²) in [5, 5.41) is 0. The van der Waals surface area contributed by atoms with Crippen LogP contribution < -0.4 is 9.60 Å². The second-order valence-electron chi connectivity index (χ2n) is 8.65. The molecule has 1 aliphatic heterocycles. The lowest BCUT2D eigenvalue weighted by Gasteiger charge is -2.17. The van der Waals surface area contributed by atoms with Crippen LogP contribution in [0.2, 0.25) is 0 Å². The Morgan fingerprint density at radius 1 is 0.853 bits per heavy atom. The number of fused-ring (bicyclic) bond motifs is 1. The van der Waals surface area contributed by atoms with Gasteiger partial charge in [0, 0.05) is 13.1 Å². The van der Waals surface area contributed by atoms with Crippen molar-refractivity contribution < 1.29 is 8.42 Å². The van der Waals surface area contributed by atoms with Crippen LogP contribution in [0.25, 0.3) is 10.2 Å². The van der Waals surface area contributed by atoms with Gasteiger partial charge in [0.2, 0.25) is 10.0 Å². The van der Waals surface area contributed by atoms with Gasteiger partial charge in [-0.3, -0.25) is 14.3 Å². The molecule has 0 amide bonds. The number of benzene rings is 3. The lowest BCUT2D eigenvalue weighted by Crippen LogP contribution is -2.25. The summed E-state index contributed by atoms with van der Waals surface area (Å²) in [4.78, 5) is 15.1. The van der Waals surface area contributed by atoms with E-state index in [2.05, 4.69) is 15.7 Å². The zero-order chi connectivity index (χ0) is 23.5. The van der Waals surface area contributed by atoms with Crippen molar-refractivity contribution in [3.05, 3.63) is 99.2 Å². The highest BCUT2D eigenvalue weighted by atomic mass is 32.2. The lowest BCUT2D eigenvalue weighted by molar-refractivity contribution is 0.330. The first-order chi connectivity index (χ1) is 16.5. The molecule has 3 aromatic carbocycles. The van der Waals surface area contributed by atoms with Gasteiger partial charge in [0.05, 0.1) is 21.7 Å². The van der Waals surface area contributed by atoms with E-state index in [0.29, 0.717) is 11.2 Å². The smallest absolute Gasteiger partial charge is 0.299 e. The quantitative estimate of drug-likeness (QED) is 0.400. The van der Waals surface area contributed by atoms with E-state index in [1.165, 1.54) is 12.8 Å². The molecule has 0 aliphatic carbocycles. The molecule has 1 saturated heterocycles. The Hall–Kier alpha value is -2.78. The van der Waals surface area contributed by atoms with Gasteiger partial charge in [0.1, 0.15) is 0 Å². The van der Waals surface area contributed by atoms with Gasteiger partial charge in [-0.2, -0.15) is 0 Å². The second-order valence-corrected chi connectivity index (χ2v) is 11.4. The number of rotatable bonds is 8. The minimum atomic E-state index is -3.72. The zero-order valence-corrected chi connectivity index (χ0v) is 20.4. The van der Waals surface area contributed by atoms with Crippen molar-refractivity contribution in [2.24, 2.45) is 0 Å². The van der Waals surface area contributed by atoms with E-state index in [0.717, 1.165) is 53.2 Å². The fraction of sp³-hybridized carbons (Fsp3) is 0.269. The maximum Gasteiger partial charge on any atom is 0.308 e. The Bertz CT molecular complexity index is 1450. The van der Waals surface area contributed by atoms with Gasteiger partial charge in [-0.25, -0.2) is 13.1 Å². The molecule has 0 spiro atoms. The average molecular weight is 494 g/mol. The lowest BCUT2D eigenvalue weighted by atomic mass is 10.1. The average Bonchev–Trinajstić information content (AvgIpc) is 3.46. The minimum absolute atomic E-state index is 0.0998. The number of hydrogen-bond acceptors (Lipinski definition) is 5. The summed E-state index contributed by atoms with van der Waals surface area (Å²) in [6, 6.07) is 22.7. The summed E-state index contributed by atoms with van der Waals surface area (Å²) in [7, 11) is -3.72. The summed E-state index contributed by atoms with van der Waals surface area (Å²) in [6.45, 7) is 3.71. The van der Waals surface area contributed by atoms with Crippen molar-refractivity contribution in [1.82, 2.24) is 14.2 Å². The van der Waals surface area contributed by atoms with Crippen LogP contribution >= 0.6 is 11.3 Å². The molecule has 5 rings (SSSR count). The first-order valence-electron chi connectivity index (χ1n) is 11.5. The van der Waals surface area contributed by atoms with Crippen LogP contribution in [-0.4, -0.2) is 31.0 Å². The first-order valence-corrected chi connectivity index (χ1v) is 13.8. The van der Waals surface area contributed by atoms with Crippen LogP contribution in [0, 0.1) is 0 Å². The predicted octanol–water partition coefficient (Wildman–Crippen LogP) is 4.19. The van der Waals surface area contributed by atoms with E-state index in [1.807, 2.05) is 48.5 Å². The van der Waals surface area contributed by atoms with Crippen molar-refractivity contribution in [3.8, 4) is 0 Å². The normalized spacial score (nSPS) is 14.7. The van der Waals surface area contributed by atoms with Crippen LogP contribution in [0.5, 0.6) is 0 Å². The molecule has 0 atom stereocenters. The van der Waals surface area contributed by atoms with Crippen LogP contribution in [0.1, 0.15) is 29.5 Å². The van der Waals surface area contributed by atoms with Gasteiger partial charge in [0.15, 0.2) is 0 Å². The molecule has 1 fully saturated rings. The Morgan fingerprint density at radius 2 is 1.56 bits per heavy atom. The van der Waals surface area contributed by atoms with E-state index in [-0.39, 0.29) is 16.3 Å². The highest BCUT2D eigenvalue weighted by Gasteiger charge is 2.18. The van der Waals surface area contributed by atoms with Crippen molar-refractivity contribution in [3.63, 3.8) is 0 Å². The monoisotopic (exact) mass is 493 g/mol. The minimum Gasteiger partial charge on any atom is -0.299 e. The molecule has 8 heteroatoms. The zero-order valence-electron chi connectivity index (χ0n) is 18.8. The van der Waals surface area contributed by atoms with Crippen LogP contribution in [0.15, 0.2) is 82.5 Å². The summed E-state index contributed by atoms with van der Waals surface area (Å²) >= 11 is 1.07. The Kier molecular flexibility index (Phi) is 6.65. The van der Waals surface area contributed by atoms with Gasteiger partial charge >= 0.3 is 4.87 Å². The molecule has 1 aliphatic rings. The first kappa shape index (κ1) is 23.0. The molecular weight excluding hydrogens is 466 g/mol. The molecule has 176 valence electrons. The third-order valence-corrected chi connectivity index (χ3v) is 8.64. The maximum atomic E-state index is 13.1. The second kappa shape index (κ2) is 9.84. The molecule has 0 unspecified atom stereocenters. The number of likely N-dealkylation sites (tertiary alicyclic amines) is 1. The third kappa shape index (κ3) is 5.00. The molecule has 6 nitrogen and oxygen atoms in total. The van der Waals surface area contributed by atoms with Crippen LogP contribution in [-0.2, 0) is 29.7 Å². The fourth-order valence-electron chi connectivity index (χ4n) is 4.45. The number of nitrogens with zero attached hydrogens (tertiary/aromatic N) is 2. The molecule has 1 aromatic heterocycles. The van der Waals surface area contributed by atoms with Gasteiger partial charge in [0.25, 0.3) is 0 Å². The molecule has 34 heavy (non-hydrogen) atoms. The molecule has 2 heterocycles. The number of nitrogens with one attached hydrogen (secondary N) is 1. The molecule has 1 N–H and O–H groups in total. The maximum absolute atomic E-state index is 13.1. The van der Waals surface area contributed by atoms with Crippen molar-refractivity contribution in [1.29, 1.82) is 0 Å². The van der Waals surface area contributed by atoms with Gasteiger partial charge in [-0.05, 0) is 60.8 Å². The summed E-state index contributed by atoms with van der Waals surface area (Å²) in [5.41, 5.74) is 3.90.